The van der Waals surface area contributed by atoms with Crippen LogP contribution in [0.2, 0.25) is 0 Å². The first-order chi connectivity index (χ1) is 2.81. The molecule has 0 aliphatic carbocycles. The Morgan fingerprint density at radius 3 is 1.83 bits per heavy atom. The van der Waals surface area contributed by atoms with Crippen LogP contribution in [-0.2, 0) is 0 Å². The Labute approximate surface area is 33.3 Å². The second-order valence-corrected chi connectivity index (χ2v) is 0.603. The summed E-state index contributed by atoms with van der Waals surface area (Å²) in [4.78, 5) is 0. The van der Waals surface area contributed by atoms with Gasteiger partial charge in [-0.05, 0) is 0 Å². The normalized spacial score (nSPS) is 12.2. The third kappa shape index (κ3) is 1.81. The maximum absolute atomic E-state index is 10.9. The Morgan fingerprint density at radius 1 is 1.33 bits per heavy atom. The number of rotatable bonds is 1. The average Bonchev–Trinajstić information content (AvgIpc) is 1.65. The van der Waals surface area contributed by atoms with Crippen molar-refractivity contribution in [1.82, 2.24) is 0 Å². The quantitative estimate of drug-likeness (QED) is 0.466. The minimum absolute atomic E-state index is 0.458. The summed E-state index contributed by atoms with van der Waals surface area (Å²) in [5, 5.41) is 0. The lowest BCUT2D eigenvalue weighted by Gasteiger charge is -1.72. The fourth-order valence-electron chi connectivity index (χ4n) is 0.0238. The van der Waals surface area contributed by atoms with Gasteiger partial charge in [-0.2, -0.15) is 0 Å². The van der Waals surface area contributed by atoms with Gasteiger partial charge in [0, 0.05) is 0 Å². The lowest BCUT2D eigenvalue weighted by atomic mass is 10.7. The summed E-state index contributed by atoms with van der Waals surface area (Å²) in [6.07, 6.45) is -0.458. The number of halogens is 3. The first kappa shape index (κ1) is 5.53. The minimum atomic E-state index is -1.49. The molecule has 0 saturated heterocycles. The molecule has 1 radical (unpaired) electrons. The molecule has 0 nitrogen and oxygen atoms in total. The third-order valence-corrected chi connectivity index (χ3v) is 0.208. The van der Waals surface area contributed by atoms with Gasteiger partial charge in [0.25, 0.3) is 0 Å². The van der Waals surface area contributed by atoms with Crippen LogP contribution >= 0.6 is 0 Å². The predicted octanol–water partition coefficient (Wildman–Crippen LogP) is 1.90. The Morgan fingerprint density at radius 2 is 1.83 bits per heavy atom. The number of hydrogen-bond acceptors (Lipinski definition) is 0. The van der Waals surface area contributed by atoms with Crippen molar-refractivity contribution in [1.29, 1.82) is 0 Å². The standard InChI is InChI=1S/C3H2F3/c4-1-3(6)2-5/h1-2H/b3-1-. The van der Waals surface area contributed by atoms with Gasteiger partial charge < -0.3 is 0 Å². The molecule has 0 heterocycles. The van der Waals surface area contributed by atoms with Gasteiger partial charge in [0.2, 0.25) is 0 Å². The molecule has 6 heavy (non-hydrogen) atoms. The second-order valence-electron chi connectivity index (χ2n) is 0.603. The lowest BCUT2D eigenvalue weighted by Crippen LogP contribution is -1.59. The zero-order chi connectivity index (χ0) is 4.99. The van der Waals surface area contributed by atoms with Gasteiger partial charge in [0.1, 0.15) is 6.33 Å². The van der Waals surface area contributed by atoms with Crippen molar-refractivity contribution in [3.8, 4) is 0 Å². The fourth-order valence-corrected chi connectivity index (χ4v) is 0.0238. The first-order valence-electron chi connectivity index (χ1n) is 1.20. The minimum Gasteiger partial charge on any atom is -0.236 e. The zero-order valence-corrected chi connectivity index (χ0v) is 2.79. The van der Waals surface area contributed by atoms with Crippen LogP contribution in [0.5, 0.6) is 0 Å². The van der Waals surface area contributed by atoms with Crippen LogP contribution < -0.4 is 0 Å². The molecule has 35 valence electrons. The van der Waals surface area contributed by atoms with Gasteiger partial charge >= 0.3 is 0 Å². The summed E-state index contributed by atoms with van der Waals surface area (Å²) in [5.74, 6) is -1.49. The Kier molecular flexibility index (Phi) is 2.54. The van der Waals surface area contributed by atoms with Crippen LogP contribution in [0.15, 0.2) is 12.2 Å². The summed E-state index contributed by atoms with van der Waals surface area (Å²) in [6.45, 7) is -0.458. The highest BCUT2D eigenvalue weighted by atomic mass is 19.2. The molecular weight excluding hydrogens is 93.0 g/mol. The van der Waals surface area contributed by atoms with E-state index in [9.17, 15) is 13.2 Å². The highest BCUT2D eigenvalue weighted by molar-refractivity contribution is 4.92. The first-order valence-corrected chi connectivity index (χ1v) is 1.20. The van der Waals surface area contributed by atoms with E-state index in [1.807, 2.05) is 0 Å². The molecule has 0 aliphatic rings. The molecule has 0 aromatic rings. The van der Waals surface area contributed by atoms with Crippen LogP contribution in [0.4, 0.5) is 13.2 Å². The van der Waals surface area contributed by atoms with E-state index in [-0.39, 0.29) is 0 Å². The smallest absolute Gasteiger partial charge is 0.191 e. The molecule has 0 unspecified atom stereocenters. The summed E-state index contributed by atoms with van der Waals surface area (Å²) in [7, 11) is 0. The van der Waals surface area contributed by atoms with Gasteiger partial charge in [0.05, 0.1) is 0 Å². The van der Waals surface area contributed by atoms with E-state index in [0.29, 0.717) is 0 Å². The van der Waals surface area contributed by atoms with Crippen molar-refractivity contribution in [2.24, 2.45) is 0 Å². The average molecular weight is 95.0 g/mol. The molecule has 0 N–H and O–H groups in total. The molecule has 0 aliphatic heterocycles. The van der Waals surface area contributed by atoms with Crippen molar-refractivity contribution in [3.05, 3.63) is 18.8 Å². The lowest BCUT2D eigenvalue weighted by molar-refractivity contribution is 0.512. The van der Waals surface area contributed by atoms with E-state index in [0.717, 1.165) is 0 Å². The van der Waals surface area contributed by atoms with Crippen LogP contribution in [0.25, 0.3) is 0 Å². The largest absolute Gasteiger partial charge is 0.236 e. The van der Waals surface area contributed by atoms with Crippen molar-refractivity contribution < 1.29 is 13.2 Å². The molecule has 0 spiro atoms. The molecule has 0 atom stereocenters. The number of hydrogen-bond donors (Lipinski definition) is 0. The Hall–Kier alpha value is -0.470. The van der Waals surface area contributed by atoms with Crippen LogP contribution in [0, 0.1) is 6.67 Å². The summed E-state index contributed by atoms with van der Waals surface area (Å²) in [5.41, 5.74) is 0. The van der Waals surface area contributed by atoms with Crippen LogP contribution in [0.1, 0.15) is 0 Å². The molecule has 0 rings (SSSR count). The van der Waals surface area contributed by atoms with Crippen molar-refractivity contribution in [2.75, 3.05) is 0 Å². The van der Waals surface area contributed by atoms with Crippen molar-refractivity contribution in [3.63, 3.8) is 0 Å². The predicted molar refractivity (Wildman–Crippen MR) is 15.7 cm³/mol. The van der Waals surface area contributed by atoms with Gasteiger partial charge in [-0.1, -0.05) is 0 Å². The SMILES string of the molecule is F[CH]/C(F)=C/F. The van der Waals surface area contributed by atoms with E-state index < -0.39 is 18.8 Å². The molecule has 0 saturated carbocycles. The molecule has 0 amide bonds. The van der Waals surface area contributed by atoms with Crippen LogP contribution in [-0.4, -0.2) is 0 Å². The maximum Gasteiger partial charge on any atom is 0.191 e. The molecule has 0 bridgehead atoms. The molecule has 0 fully saturated rings. The third-order valence-electron chi connectivity index (χ3n) is 0.208. The van der Waals surface area contributed by atoms with Gasteiger partial charge in [-0.15, -0.1) is 0 Å². The zero-order valence-electron chi connectivity index (χ0n) is 2.79. The van der Waals surface area contributed by atoms with E-state index in [1.165, 1.54) is 0 Å². The van der Waals surface area contributed by atoms with Crippen molar-refractivity contribution in [2.45, 2.75) is 0 Å². The van der Waals surface area contributed by atoms with Gasteiger partial charge in [-0.3, -0.25) is 0 Å². The second kappa shape index (κ2) is 2.75. The highest BCUT2D eigenvalue weighted by Crippen LogP contribution is 1.99. The Balaban J connectivity index is 3.22. The summed E-state index contributed by atoms with van der Waals surface area (Å²) in [6, 6.07) is 0. The fraction of sp³-hybridized carbons (Fsp3) is 0. The molecular formula is C3H2F3. The summed E-state index contributed by atoms with van der Waals surface area (Å²) >= 11 is 0. The number of allylic oxidation sites excluding steroid dienone is 1. The monoisotopic (exact) mass is 95.0 g/mol. The van der Waals surface area contributed by atoms with E-state index in [2.05, 4.69) is 0 Å². The van der Waals surface area contributed by atoms with Crippen LogP contribution in [0.3, 0.4) is 0 Å². The summed E-state index contributed by atoms with van der Waals surface area (Å²) < 4.78 is 32.1. The van der Waals surface area contributed by atoms with Gasteiger partial charge in [0.15, 0.2) is 12.5 Å². The van der Waals surface area contributed by atoms with Gasteiger partial charge in [-0.25, -0.2) is 13.2 Å². The van der Waals surface area contributed by atoms with Crippen molar-refractivity contribution >= 4 is 0 Å². The topological polar surface area (TPSA) is 0 Å². The molecule has 0 aromatic heterocycles. The molecule has 0 aromatic carbocycles. The van der Waals surface area contributed by atoms with E-state index in [4.69, 9.17) is 0 Å². The van der Waals surface area contributed by atoms with E-state index in [1.54, 1.807) is 0 Å². The highest BCUT2D eigenvalue weighted by Gasteiger charge is 1.87. The molecule has 3 heteroatoms. The van der Waals surface area contributed by atoms with E-state index >= 15 is 0 Å². The maximum atomic E-state index is 10.9. The Bertz CT molecular complexity index is 57.1.